The highest BCUT2D eigenvalue weighted by molar-refractivity contribution is 6.61. The van der Waals surface area contributed by atoms with E-state index in [1.165, 1.54) is 0 Å². The molecular formula is C10H11BO4. The number of carbonyl (C=O) groups is 1. The lowest BCUT2D eigenvalue weighted by Gasteiger charge is -2.08. The van der Waals surface area contributed by atoms with Gasteiger partial charge in [0, 0.05) is 0 Å². The summed E-state index contributed by atoms with van der Waals surface area (Å²) in [5, 5.41) is 18.3. The van der Waals surface area contributed by atoms with Crippen molar-refractivity contribution in [2.75, 3.05) is 0 Å². The van der Waals surface area contributed by atoms with Gasteiger partial charge in [0.2, 0.25) is 0 Å². The average molecular weight is 206 g/mol. The average Bonchev–Trinajstić information content (AvgIpc) is 2.59. The van der Waals surface area contributed by atoms with Gasteiger partial charge in [-0.15, -0.1) is 0 Å². The Bertz CT molecular complexity index is 404. The van der Waals surface area contributed by atoms with Crippen LogP contribution in [0.5, 0.6) is 0 Å². The van der Waals surface area contributed by atoms with Crippen LogP contribution >= 0.6 is 0 Å². The van der Waals surface area contributed by atoms with Crippen LogP contribution in [0.3, 0.4) is 0 Å². The Kier molecular flexibility index (Phi) is 2.50. The predicted octanol–water partition coefficient (Wildman–Crippen LogP) is 0.0924. The van der Waals surface area contributed by atoms with Crippen LogP contribution in [0.1, 0.15) is 24.0 Å². The number of benzene rings is 1. The highest BCUT2D eigenvalue weighted by Gasteiger charge is 2.28. The van der Waals surface area contributed by atoms with Crippen molar-refractivity contribution in [3.05, 3.63) is 29.3 Å². The van der Waals surface area contributed by atoms with E-state index in [-0.39, 0.29) is 0 Å². The normalized spacial score (nSPS) is 16.3. The van der Waals surface area contributed by atoms with Gasteiger partial charge in [-0.2, -0.15) is 0 Å². The largest absolute Gasteiger partial charge is 0.491 e. The Morgan fingerprint density at radius 3 is 3.00 bits per heavy atom. The van der Waals surface area contributed by atoms with E-state index >= 15 is 0 Å². The van der Waals surface area contributed by atoms with Gasteiger partial charge in [-0.25, -0.2) is 0 Å². The lowest BCUT2D eigenvalue weighted by molar-refractivity contribution is -0.138. The highest BCUT2D eigenvalue weighted by atomic mass is 16.5. The van der Waals surface area contributed by atoms with Gasteiger partial charge in [0.1, 0.15) is 0 Å². The third-order valence-electron chi connectivity index (χ3n) is 2.70. The lowest BCUT2D eigenvalue weighted by atomic mass is 9.78. The fourth-order valence-corrected chi connectivity index (χ4v) is 1.65. The molecule has 1 aromatic carbocycles. The van der Waals surface area contributed by atoms with Gasteiger partial charge in [0.05, 0.1) is 12.5 Å². The summed E-state index contributed by atoms with van der Waals surface area (Å²) in [4.78, 5) is 10.8. The van der Waals surface area contributed by atoms with Gasteiger partial charge >= 0.3 is 13.1 Å². The Labute approximate surface area is 87.6 Å². The number of hydrogen-bond donors (Lipinski definition) is 2. The topological polar surface area (TPSA) is 66.8 Å². The molecule has 0 fully saturated rings. The standard InChI is InChI=1S/C10H11BO4/c1-6(10(12)13)7-2-3-8-5-15-11(14)9(8)4-7/h2-4,6,14H,5H2,1H3,(H,12,13). The molecule has 1 aliphatic heterocycles. The number of carboxylic acid groups (broad SMARTS) is 1. The zero-order valence-corrected chi connectivity index (χ0v) is 8.30. The highest BCUT2D eigenvalue weighted by Crippen LogP contribution is 2.18. The van der Waals surface area contributed by atoms with Crippen LogP contribution in [0.2, 0.25) is 0 Å². The van der Waals surface area contributed by atoms with E-state index in [0.29, 0.717) is 17.6 Å². The Hall–Kier alpha value is -1.33. The first-order valence-corrected chi connectivity index (χ1v) is 4.75. The summed E-state index contributed by atoms with van der Waals surface area (Å²) in [7, 11) is -0.916. The van der Waals surface area contributed by atoms with Crippen molar-refractivity contribution >= 4 is 18.6 Å². The molecule has 15 heavy (non-hydrogen) atoms. The summed E-state index contributed by atoms with van der Waals surface area (Å²) in [6, 6.07) is 5.27. The molecule has 0 bridgehead atoms. The van der Waals surface area contributed by atoms with E-state index < -0.39 is 19.0 Å². The van der Waals surface area contributed by atoms with E-state index in [1.807, 2.05) is 0 Å². The van der Waals surface area contributed by atoms with E-state index in [9.17, 15) is 9.82 Å². The number of aliphatic carboxylic acids is 1. The zero-order chi connectivity index (χ0) is 11.0. The van der Waals surface area contributed by atoms with E-state index in [4.69, 9.17) is 9.76 Å². The number of fused-ring (bicyclic) bond motifs is 1. The molecule has 2 rings (SSSR count). The van der Waals surface area contributed by atoms with Crippen LogP contribution in [0.4, 0.5) is 0 Å². The molecule has 4 nitrogen and oxygen atoms in total. The molecule has 0 radical (unpaired) electrons. The van der Waals surface area contributed by atoms with Crippen LogP contribution < -0.4 is 5.46 Å². The van der Waals surface area contributed by atoms with E-state index in [0.717, 1.165) is 5.56 Å². The van der Waals surface area contributed by atoms with Crippen LogP contribution in [0.25, 0.3) is 0 Å². The van der Waals surface area contributed by atoms with Crippen molar-refractivity contribution in [2.24, 2.45) is 0 Å². The third kappa shape index (κ3) is 1.76. The molecule has 0 aromatic heterocycles. The maximum absolute atomic E-state index is 10.8. The van der Waals surface area contributed by atoms with Gasteiger partial charge < -0.3 is 14.8 Å². The van der Waals surface area contributed by atoms with Crippen molar-refractivity contribution < 1.29 is 19.6 Å². The summed E-state index contributed by atoms with van der Waals surface area (Å²) >= 11 is 0. The van der Waals surface area contributed by atoms with E-state index in [2.05, 4.69) is 0 Å². The van der Waals surface area contributed by atoms with Crippen molar-refractivity contribution in [1.29, 1.82) is 0 Å². The zero-order valence-electron chi connectivity index (χ0n) is 8.30. The third-order valence-corrected chi connectivity index (χ3v) is 2.70. The molecule has 1 aromatic rings. The van der Waals surface area contributed by atoms with Crippen molar-refractivity contribution in [1.82, 2.24) is 0 Å². The summed E-state index contributed by atoms with van der Waals surface area (Å²) in [6.45, 7) is 2.00. The number of hydrogen-bond acceptors (Lipinski definition) is 3. The Balaban J connectivity index is 2.37. The van der Waals surface area contributed by atoms with Gasteiger partial charge in [-0.1, -0.05) is 18.2 Å². The van der Waals surface area contributed by atoms with Gasteiger partial charge in [-0.05, 0) is 23.5 Å². The fourth-order valence-electron chi connectivity index (χ4n) is 1.65. The molecule has 0 amide bonds. The second kappa shape index (κ2) is 3.68. The minimum absolute atomic E-state index is 0.387. The molecule has 78 valence electrons. The lowest BCUT2D eigenvalue weighted by Crippen LogP contribution is -2.28. The quantitative estimate of drug-likeness (QED) is 0.673. The molecular weight excluding hydrogens is 195 g/mol. The van der Waals surface area contributed by atoms with Gasteiger partial charge in [0.15, 0.2) is 0 Å². The second-order valence-corrected chi connectivity index (χ2v) is 3.68. The SMILES string of the molecule is CC(C(=O)O)c1ccc2c(c1)B(O)OC2. The molecule has 0 aliphatic carbocycles. The van der Waals surface area contributed by atoms with Crippen molar-refractivity contribution in [2.45, 2.75) is 19.4 Å². The Morgan fingerprint density at radius 2 is 2.33 bits per heavy atom. The van der Waals surface area contributed by atoms with Crippen molar-refractivity contribution in [3.63, 3.8) is 0 Å². The number of carboxylic acids is 1. The monoisotopic (exact) mass is 206 g/mol. The van der Waals surface area contributed by atoms with Gasteiger partial charge in [0.25, 0.3) is 0 Å². The van der Waals surface area contributed by atoms with Gasteiger partial charge in [-0.3, -0.25) is 4.79 Å². The predicted molar refractivity (Wildman–Crippen MR) is 54.9 cm³/mol. The maximum Gasteiger partial charge on any atom is 0.491 e. The molecule has 5 heteroatoms. The first kappa shape index (κ1) is 10.2. The second-order valence-electron chi connectivity index (χ2n) is 3.68. The maximum atomic E-state index is 10.8. The summed E-state index contributed by atoms with van der Waals surface area (Å²) < 4.78 is 5.03. The van der Waals surface area contributed by atoms with Crippen LogP contribution in [-0.2, 0) is 16.1 Å². The van der Waals surface area contributed by atoms with Crippen LogP contribution in [0, 0.1) is 0 Å². The molecule has 1 aliphatic rings. The smallest absolute Gasteiger partial charge is 0.481 e. The summed E-state index contributed by atoms with van der Waals surface area (Å²) in [6.07, 6.45) is 0. The minimum atomic E-state index is -0.916. The van der Waals surface area contributed by atoms with E-state index in [1.54, 1.807) is 25.1 Å². The fraction of sp³-hybridized carbons (Fsp3) is 0.300. The molecule has 0 saturated heterocycles. The first-order valence-electron chi connectivity index (χ1n) is 4.75. The Morgan fingerprint density at radius 1 is 1.60 bits per heavy atom. The van der Waals surface area contributed by atoms with Crippen molar-refractivity contribution in [3.8, 4) is 0 Å². The molecule has 2 N–H and O–H groups in total. The summed E-state index contributed by atoms with van der Waals surface area (Å²) in [5.41, 5.74) is 2.29. The van der Waals surface area contributed by atoms with Crippen LogP contribution in [-0.4, -0.2) is 23.2 Å². The molecule has 1 heterocycles. The molecule has 1 atom stereocenters. The molecule has 0 spiro atoms. The molecule has 1 unspecified atom stereocenters. The van der Waals surface area contributed by atoms with Crippen LogP contribution in [0.15, 0.2) is 18.2 Å². The number of rotatable bonds is 2. The summed E-state index contributed by atoms with van der Waals surface area (Å²) in [5.74, 6) is -1.44. The minimum Gasteiger partial charge on any atom is -0.481 e. The first-order chi connectivity index (χ1) is 7.09. The molecule has 0 saturated carbocycles.